The van der Waals surface area contributed by atoms with Crippen molar-refractivity contribution in [2.24, 2.45) is 5.92 Å². The van der Waals surface area contributed by atoms with Gasteiger partial charge in [0, 0.05) is 34.5 Å². The van der Waals surface area contributed by atoms with Gasteiger partial charge in [-0.25, -0.2) is 21.1 Å². The third kappa shape index (κ3) is 7.88. The molecule has 1 saturated heterocycles. The number of piperidine rings is 1. The third-order valence-corrected chi connectivity index (χ3v) is 10.6. The van der Waals surface area contributed by atoms with E-state index >= 15 is 0 Å². The van der Waals surface area contributed by atoms with Gasteiger partial charge in [-0.05, 0) is 73.0 Å². The molecule has 2 N–H and O–H groups in total. The first-order chi connectivity index (χ1) is 19.5. The zero-order chi connectivity index (χ0) is 30.9. The molecular formula is C26H23Cl3F3N3O5S2. The number of hydrogen-bond donors (Lipinski definition) is 2. The molecular weight excluding hydrogens is 662 g/mol. The van der Waals surface area contributed by atoms with E-state index in [1.807, 2.05) is 0 Å². The number of rotatable bonds is 8. The number of halogens is 6. The zero-order valence-corrected chi connectivity index (χ0v) is 25.4. The molecule has 16 heteroatoms. The van der Waals surface area contributed by atoms with Crippen molar-refractivity contribution >= 4 is 72.1 Å². The quantitative estimate of drug-likeness (QED) is 0.276. The predicted octanol–water partition coefficient (Wildman–Crippen LogP) is 6.65. The Morgan fingerprint density at radius 1 is 0.905 bits per heavy atom. The van der Waals surface area contributed by atoms with Gasteiger partial charge in [0.25, 0.3) is 10.0 Å². The maximum absolute atomic E-state index is 13.1. The van der Waals surface area contributed by atoms with Crippen LogP contribution in [-0.2, 0) is 36.8 Å². The van der Waals surface area contributed by atoms with E-state index in [9.17, 15) is 34.8 Å². The number of amides is 1. The normalized spacial score (nSPS) is 16.7. The molecule has 1 atom stereocenters. The van der Waals surface area contributed by atoms with Gasteiger partial charge in [-0.2, -0.15) is 13.2 Å². The molecule has 0 unspecified atom stereocenters. The molecule has 0 aromatic heterocycles. The van der Waals surface area contributed by atoms with Gasteiger partial charge in [-0.3, -0.25) is 9.52 Å². The Bertz CT molecular complexity index is 1700. The van der Waals surface area contributed by atoms with Crippen LogP contribution in [0.25, 0.3) is 0 Å². The fourth-order valence-corrected chi connectivity index (χ4v) is 7.79. The van der Waals surface area contributed by atoms with Crippen molar-refractivity contribution in [3.8, 4) is 0 Å². The summed E-state index contributed by atoms with van der Waals surface area (Å²) < 4.78 is 94.3. The van der Waals surface area contributed by atoms with Gasteiger partial charge in [0.15, 0.2) is 0 Å². The van der Waals surface area contributed by atoms with Gasteiger partial charge < -0.3 is 5.32 Å². The van der Waals surface area contributed by atoms with Gasteiger partial charge in [0.05, 0.1) is 27.2 Å². The summed E-state index contributed by atoms with van der Waals surface area (Å²) in [5.74, 6) is -1.46. The molecule has 0 radical (unpaired) electrons. The number of benzene rings is 3. The second-order valence-corrected chi connectivity index (χ2v) is 14.4. The number of sulfonamides is 2. The Labute approximate surface area is 255 Å². The summed E-state index contributed by atoms with van der Waals surface area (Å²) in [6.07, 6.45) is -3.88. The molecule has 4 rings (SSSR count). The molecule has 1 aliphatic rings. The van der Waals surface area contributed by atoms with Crippen LogP contribution < -0.4 is 10.0 Å². The molecule has 8 nitrogen and oxygen atoms in total. The molecule has 1 amide bonds. The summed E-state index contributed by atoms with van der Waals surface area (Å²) in [6, 6.07) is 12.1. The number of hydrogen-bond acceptors (Lipinski definition) is 5. The minimum atomic E-state index is -4.78. The van der Waals surface area contributed by atoms with Crippen LogP contribution in [0.1, 0.15) is 24.0 Å². The molecule has 3 aromatic rings. The van der Waals surface area contributed by atoms with Crippen LogP contribution >= 0.6 is 34.8 Å². The molecule has 0 spiro atoms. The Morgan fingerprint density at radius 3 is 2.21 bits per heavy atom. The van der Waals surface area contributed by atoms with Crippen molar-refractivity contribution in [3.05, 3.63) is 86.9 Å². The first-order valence-electron chi connectivity index (χ1n) is 12.3. The summed E-state index contributed by atoms with van der Waals surface area (Å²) in [5.41, 5.74) is -0.892. The fraction of sp³-hybridized carbons (Fsp3) is 0.269. The van der Waals surface area contributed by atoms with Crippen LogP contribution in [0, 0.1) is 5.92 Å². The molecule has 1 aliphatic heterocycles. The standard InChI is InChI=1S/C26H23Cl3F3N3O5S2/c27-18-4-3-17(24(29)12-18)15-41(37,38)35-11-1-2-16(14-35)25(36)33-19-5-8-21(9-6-19)42(39,40)34-20-7-10-23(28)22(13-20)26(30,31)32/h3-10,12-13,16,34H,1-2,11,14-15H2,(H,33,36)/t16-/m0/s1. The van der Waals surface area contributed by atoms with Crippen molar-refractivity contribution in [1.82, 2.24) is 4.31 Å². The van der Waals surface area contributed by atoms with Crippen LogP contribution in [0.5, 0.6) is 0 Å². The van der Waals surface area contributed by atoms with Crippen LogP contribution in [0.4, 0.5) is 24.5 Å². The van der Waals surface area contributed by atoms with Crippen molar-refractivity contribution in [1.29, 1.82) is 0 Å². The number of nitrogens with one attached hydrogen (secondary N) is 2. The summed E-state index contributed by atoms with van der Waals surface area (Å²) in [6.45, 7) is 0.200. The Kier molecular flexibility index (Phi) is 9.70. The summed E-state index contributed by atoms with van der Waals surface area (Å²) in [4.78, 5) is 12.7. The van der Waals surface area contributed by atoms with Crippen molar-refractivity contribution in [2.45, 2.75) is 29.7 Å². The van der Waals surface area contributed by atoms with E-state index in [0.717, 1.165) is 12.1 Å². The largest absolute Gasteiger partial charge is 0.417 e. The number of alkyl halides is 3. The third-order valence-electron chi connectivity index (χ3n) is 6.46. The van der Waals surface area contributed by atoms with Gasteiger partial charge in [0.1, 0.15) is 0 Å². The minimum absolute atomic E-state index is 0.0449. The highest BCUT2D eigenvalue weighted by Gasteiger charge is 2.34. The Balaban J connectivity index is 1.40. The molecule has 0 bridgehead atoms. The summed E-state index contributed by atoms with van der Waals surface area (Å²) in [5, 5.41) is 2.68. The van der Waals surface area contributed by atoms with Crippen molar-refractivity contribution < 1.29 is 34.8 Å². The molecule has 226 valence electrons. The van der Waals surface area contributed by atoms with E-state index in [1.165, 1.54) is 40.7 Å². The van der Waals surface area contributed by atoms with E-state index < -0.39 is 48.6 Å². The maximum Gasteiger partial charge on any atom is 0.417 e. The van der Waals surface area contributed by atoms with Crippen LogP contribution in [0.15, 0.2) is 65.6 Å². The summed E-state index contributed by atoms with van der Waals surface area (Å²) in [7, 11) is -8.06. The second-order valence-electron chi connectivity index (χ2n) is 9.50. The molecule has 0 aliphatic carbocycles. The minimum Gasteiger partial charge on any atom is -0.326 e. The number of carbonyl (C=O) groups excluding carboxylic acids is 1. The lowest BCUT2D eigenvalue weighted by molar-refractivity contribution is -0.137. The van der Waals surface area contributed by atoms with Gasteiger partial charge in [-0.1, -0.05) is 40.9 Å². The van der Waals surface area contributed by atoms with E-state index in [0.29, 0.717) is 29.5 Å². The number of nitrogens with zero attached hydrogens (tertiary/aromatic N) is 1. The predicted molar refractivity (Wildman–Crippen MR) is 156 cm³/mol. The lowest BCUT2D eigenvalue weighted by Gasteiger charge is -2.31. The van der Waals surface area contributed by atoms with Crippen molar-refractivity contribution in [3.63, 3.8) is 0 Å². The Hall–Kier alpha value is -2.55. The smallest absolute Gasteiger partial charge is 0.326 e. The molecule has 1 fully saturated rings. The van der Waals surface area contributed by atoms with Gasteiger partial charge in [-0.15, -0.1) is 0 Å². The fourth-order valence-electron chi connectivity index (χ4n) is 4.32. The van der Waals surface area contributed by atoms with E-state index in [1.54, 1.807) is 6.07 Å². The highest BCUT2D eigenvalue weighted by molar-refractivity contribution is 7.92. The average molecular weight is 685 g/mol. The molecule has 0 saturated carbocycles. The van der Waals surface area contributed by atoms with Crippen molar-refractivity contribution in [2.75, 3.05) is 23.1 Å². The molecule has 42 heavy (non-hydrogen) atoms. The van der Waals surface area contributed by atoms with Gasteiger partial charge >= 0.3 is 6.18 Å². The van der Waals surface area contributed by atoms with Gasteiger partial charge in [0.2, 0.25) is 15.9 Å². The van der Waals surface area contributed by atoms with Crippen LogP contribution in [0.2, 0.25) is 15.1 Å². The van der Waals surface area contributed by atoms with E-state index in [2.05, 4.69) is 10.0 Å². The zero-order valence-electron chi connectivity index (χ0n) is 21.5. The molecule has 1 heterocycles. The number of anilines is 2. The SMILES string of the molecule is O=C(Nc1ccc(S(=O)(=O)Nc2ccc(Cl)c(C(F)(F)F)c2)cc1)[C@H]1CCCN(S(=O)(=O)Cc2ccc(Cl)cc2Cl)C1. The highest BCUT2D eigenvalue weighted by Crippen LogP contribution is 2.36. The average Bonchev–Trinajstić information content (AvgIpc) is 2.91. The maximum atomic E-state index is 13.1. The van der Waals surface area contributed by atoms with E-state index in [4.69, 9.17) is 34.8 Å². The van der Waals surface area contributed by atoms with Crippen LogP contribution in [0.3, 0.4) is 0 Å². The Morgan fingerprint density at radius 2 is 1.57 bits per heavy atom. The highest BCUT2D eigenvalue weighted by atomic mass is 35.5. The first-order valence-corrected chi connectivity index (χ1v) is 16.5. The topological polar surface area (TPSA) is 113 Å². The second kappa shape index (κ2) is 12.6. The van der Waals surface area contributed by atoms with Crippen LogP contribution in [-0.4, -0.2) is 40.1 Å². The molecule has 3 aromatic carbocycles. The summed E-state index contributed by atoms with van der Waals surface area (Å²) >= 11 is 17.6. The number of carbonyl (C=O) groups is 1. The first kappa shape index (κ1) is 32.4. The lowest BCUT2D eigenvalue weighted by atomic mass is 9.99. The lowest BCUT2D eigenvalue weighted by Crippen LogP contribution is -2.44. The monoisotopic (exact) mass is 683 g/mol. The van der Waals surface area contributed by atoms with E-state index in [-0.39, 0.29) is 40.1 Å².